The number of rotatable bonds is 6. The molecule has 0 aliphatic carbocycles. The van der Waals surface area contributed by atoms with Gasteiger partial charge in [0.1, 0.15) is 6.61 Å². The molecule has 0 aliphatic heterocycles. The fraction of sp³-hybridized carbons (Fsp3) is 0.222. The fourth-order valence-electron chi connectivity index (χ4n) is 1.85. The molecule has 4 nitrogen and oxygen atoms in total. The molecule has 0 N–H and O–H groups in total. The first-order valence-electron chi connectivity index (χ1n) is 6.97. The zero-order valence-electron chi connectivity index (χ0n) is 12.6. The van der Waals surface area contributed by atoms with Crippen LogP contribution >= 0.6 is 0 Å². The highest BCUT2D eigenvalue weighted by molar-refractivity contribution is 5.99. The molecule has 1 aromatic carbocycles. The Morgan fingerprint density at radius 2 is 1.86 bits per heavy atom. The van der Waals surface area contributed by atoms with Crippen molar-refractivity contribution in [2.45, 2.75) is 20.5 Å². The SMILES string of the molecule is CC(C)(/C=C/C(=O)OCc1ccccc1)C(=O)c1ccco1. The highest BCUT2D eigenvalue weighted by Gasteiger charge is 2.28. The van der Waals surface area contributed by atoms with Gasteiger partial charge in [-0.3, -0.25) is 4.79 Å². The van der Waals surface area contributed by atoms with Gasteiger partial charge in [0, 0.05) is 11.5 Å². The van der Waals surface area contributed by atoms with Crippen molar-refractivity contribution in [3.63, 3.8) is 0 Å². The number of esters is 1. The van der Waals surface area contributed by atoms with E-state index in [0.29, 0.717) is 0 Å². The molecule has 2 rings (SSSR count). The van der Waals surface area contributed by atoms with Gasteiger partial charge in [-0.15, -0.1) is 0 Å². The second kappa shape index (κ2) is 6.89. The lowest BCUT2D eigenvalue weighted by atomic mass is 9.86. The first-order valence-corrected chi connectivity index (χ1v) is 6.97. The van der Waals surface area contributed by atoms with E-state index >= 15 is 0 Å². The maximum absolute atomic E-state index is 12.2. The molecule has 114 valence electrons. The van der Waals surface area contributed by atoms with Crippen LogP contribution in [0.5, 0.6) is 0 Å². The molecule has 0 atom stereocenters. The van der Waals surface area contributed by atoms with E-state index in [1.807, 2.05) is 30.3 Å². The Balaban J connectivity index is 1.92. The maximum atomic E-state index is 12.2. The third-order valence-electron chi connectivity index (χ3n) is 3.19. The predicted molar refractivity (Wildman–Crippen MR) is 82.2 cm³/mol. The van der Waals surface area contributed by atoms with Crippen molar-refractivity contribution in [1.82, 2.24) is 0 Å². The summed E-state index contributed by atoms with van der Waals surface area (Å²) in [6.07, 6.45) is 4.26. The van der Waals surface area contributed by atoms with Crippen LogP contribution in [0, 0.1) is 5.41 Å². The first-order chi connectivity index (χ1) is 10.5. The number of hydrogen-bond donors (Lipinski definition) is 0. The number of allylic oxidation sites excluding steroid dienone is 1. The maximum Gasteiger partial charge on any atom is 0.330 e. The predicted octanol–water partition coefficient (Wildman–Crippen LogP) is 3.79. The average molecular weight is 298 g/mol. The molecule has 1 heterocycles. The van der Waals surface area contributed by atoms with Crippen LogP contribution in [0.1, 0.15) is 30.0 Å². The van der Waals surface area contributed by atoms with Gasteiger partial charge in [-0.2, -0.15) is 0 Å². The summed E-state index contributed by atoms with van der Waals surface area (Å²) in [4.78, 5) is 24.0. The number of carbonyl (C=O) groups excluding carboxylic acids is 2. The lowest BCUT2D eigenvalue weighted by Crippen LogP contribution is -2.21. The number of benzene rings is 1. The zero-order valence-corrected chi connectivity index (χ0v) is 12.6. The van der Waals surface area contributed by atoms with Crippen molar-refractivity contribution in [2.24, 2.45) is 5.41 Å². The molecule has 0 saturated heterocycles. The van der Waals surface area contributed by atoms with Gasteiger partial charge in [0.05, 0.1) is 6.26 Å². The highest BCUT2D eigenvalue weighted by Crippen LogP contribution is 2.23. The molecule has 0 unspecified atom stereocenters. The quantitative estimate of drug-likeness (QED) is 0.462. The van der Waals surface area contributed by atoms with E-state index < -0.39 is 11.4 Å². The van der Waals surface area contributed by atoms with Crippen LogP contribution in [0.3, 0.4) is 0 Å². The summed E-state index contributed by atoms with van der Waals surface area (Å²) in [6, 6.07) is 12.7. The number of ether oxygens (including phenoxy) is 1. The molecule has 0 fully saturated rings. The van der Waals surface area contributed by atoms with Crippen LogP contribution in [0.4, 0.5) is 0 Å². The number of hydrogen-bond acceptors (Lipinski definition) is 4. The Bertz CT molecular complexity index is 652. The minimum absolute atomic E-state index is 0.190. The van der Waals surface area contributed by atoms with Gasteiger partial charge in [-0.1, -0.05) is 36.4 Å². The van der Waals surface area contributed by atoms with Gasteiger partial charge in [-0.05, 0) is 31.5 Å². The number of furan rings is 1. The molecule has 0 radical (unpaired) electrons. The van der Waals surface area contributed by atoms with Crippen molar-refractivity contribution in [2.75, 3.05) is 0 Å². The van der Waals surface area contributed by atoms with Gasteiger partial charge < -0.3 is 9.15 Å². The Labute approximate surface area is 129 Å². The normalized spacial score (nSPS) is 11.5. The van der Waals surface area contributed by atoms with Gasteiger partial charge in [0.2, 0.25) is 5.78 Å². The average Bonchev–Trinajstić information content (AvgIpc) is 3.05. The van der Waals surface area contributed by atoms with Crippen LogP contribution in [-0.2, 0) is 16.1 Å². The molecule has 0 aliphatic rings. The van der Waals surface area contributed by atoms with Crippen LogP contribution < -0.4 is 0 Å². The summed E-state index contributed by atoms with van der Waals surface area (Å²) in [7, 11) is 0. The highest BCUT2D eigenvalue weighted by atomic mass is 16.5. The summed E-state index contributed by atoms with van der Waals surface area (Å²) in [6.45, 7) is 3.65. The van der Waals surface area contributed by atoms with E-state index in [4.69, 9.17) is 9.15 Å². The lowest BCUT2D eigenvalue weighted by molar-refractivity contribution is -0.139. The van der Waals surface area contributed by atoms with Crippen molar-refractivity contribution in [1.29, 1.82) is 0 Å². The first kappa shape index (κ1) is 15.8. The molecule has 22 heavy (non-hydrogen) atoms. The molecule has 0 spiro atoms. The summed E-state index contributed by atoms with van der Waals surface area (Å²) < 4.78 is 10.2. The van der Waals surface area contributed by atoms with E-state index in [1.54, 1.807) is 26.0 Å². The van der Waals surface area contributed by atoms with E-state index in [9.17, 15) is 9.59 Å². The largest absolute Gasteiger partial charge is 0.461 e. The second-order valence-corrected chi connectivity index (χ2v) is 5.45. The van der Waals surface area contributed by atoms with Gasteiger partial charge in [-0.25, -0.2) is 4.79 Å². The molecule has 0 amide bonds. The minimum Gasteiger partial charge on any atom is -0.461 e. The van der Waals surface area contributed by atoms with Crippen molar-refractivity contribution in [3.8, 4) is 0 Å². The molecule has 4 heteroatoms. The molecular weight excluding hydrogens is 280 g/mol. The topological polar surface area (TPSA) is 56.5 Å². The monoisotopic (exact) mass is 298 g/mol. The minimum atomic E-state index is -0.844. The lowest BCUT2D eigenvalue weighted by Gasteiger charge is -2.16. The fourth-order valence-corrected chi connectivity index (χ4v) is 1.85. The van der Waals surface area contributed by atoms with Gasteiger partial charge in [0.15, 0.2) is 5.76 Å². The third-order valence-corrected chi connectivity index (χ3v) is 3.19. The summed E-state index contributed by atoms with van der Waals surface area (Å²) in [5, 5.41) is 0. The zero-order chi connectivity index (χ0) is 16.0. The number of ketones is 1. The number of carbonyl (C=O) groups is 2. The molecule has 1 aromatic heterocycles. The van der Waals surface area contributed by atoms with Crippen molar-refractivity contribution < 1.29 is 18.7 Å². The second-order valence-electron chi connectivity index (χ2n) is 5.45. The van der Waals surface area contributed by atoms with Gasteiger partial charge >= 0.3 is 5.97 Å². The van der Waals surface area contributed by atoms with Crippen LogP contribution in [0.2, 0.25) is 0 Å². The Kier molecular flexibility index (Phi) is 4.94. The molecule has 0 saturated carbocycles. The van der Waals surface area contributed by atoms with E-state index in [2.05, 4.69) is 0 Å². The summed E-state index contributed by atoms with van der Waals surface area (Å²) in [5.74, 6) is -0.402. The van der Waals surface area contributed by atoms with E-state index in [-0.39, 0.29) is 18.2 Å². The Hall–Kier alpha value is -2.62. The standard InChI is InChI=1S/C18H18O4/c1-18(2,17(20)15-9-6-12-21-15)11-10-16(19)22-13-14-7-4-3-5-8-14/h3-12H,13H2,1-2H3/b11-10+. The summed E-state index contributed by atoms with van der Waals surface area (Å²) >= 11 is 0. The third kappa shape index (κ3) is 4.19. The van der Waals surface area contributed by atoms with E-state index in [0.717, 1.165) is 5.56 Å². The van der Waals surface area contributed by atoms with Crippen LogP contribution in [-0.4, -0.2) is 11.8 Å². The molecule has 2 aromatic rings. The van der Waals surface area contributed by atoms with Crippen LogP contribution in [0.25, 0.3) is 0 Å². The Morgan fingerprint density at radius 1 is 1.14 bits per heavy atom. The summed E-state index contributed by atoms with van der Waals surface area (Å²) in [5.41, 5.74) is 0.0686. The molecule has 0 bridgehead atoms. The number of Topliss-reactive ketones (excluding diaryl/α,β-unsaturated/α-hetero) is 1. The smallest absolute Gasteiger partial charge is 0.330 e. The van der Waals surface area contributed by atoms with E-state index in [1.165, 1.54) is 18.4 Å². The van der Waals surface area contributed by atoms with Crippen molar-refractivity contribution >= 4 is 11.8 Å². The van der Waals surface area contributed by atoms with Gasteiger partial charge in [0.25, 0.3) is 0 Å². The van der Waals surface area contributed by atoms with Crippen molar-refractivity contribution in [3.05, 3.63) is 72.2 Å². The molecular formula is C18H18O4. The van der Waals surface area contributed by atoms with Crippen LogP contribution in [0.15, 0.2) is 65.3 Å². The Morgan fingerprint density at radius 3 is 2.50 bits per heavy atom.